The van der Waals surface area contributed by atoms with E-state index >= 15 is 0 Å². The highest BCUT2D eigenvalue weighted by Gasteiger charge is 2.43. The second-order valence-electron chi connectivity index (χ2n) is 10.2. The van der Waals surface area contributed by atoms with Crippen LogP contribution in [-0.2, 0) is 44.3 Å². The third-order valence-electron chi connectivity index (χ3n) is 7.87. The van der Waals surface area contributed by atoms with Gasteiger partial charge in [-0.25, -0.2) is 14.2 Å². The van der Waals surface area contributed by atoms with Crippen LogP contribution in [0.3, 0.4) is 0 Å². The summed E-state index contributed by atoms with van der Waals surface area (Å²) in [7, 11) is 0. The number of cyclic esters (lactones) is 1. The number of carbonyl (C=O) groups is 3. The van der Waals surface area contributed by atoms with Crippen LogP contribution >= 0.6 is 0 Å². The van der Waals surface area contributed by atoms with E-state index < -0.39 is 53.7 Å². The van der Waals surface area contributed by atoms with Crippen LogP contribution in [0.4, 0.5) is 4.39 Å². The first-order chi connectivity index (χ1) is 18.0. The van der Waals surface area contributed by atoms with Crippen LogP contribution in [0.25, 0.3) is 22.3 Å². The molecular formula is C27H24FN3O7. The molecule has 4 heterocycles. The molecule has 1 amide bonds. The largest absolute Gasteiger partial charge is 0.458 e. The van der Waals surface area contributed by atoms with Crippen LogP contribution in [0.2, 0.25) is 0 Å². The Labute approximate surface area is 215 Å². The van der Waals surface area contributed by atoms with Gasteiger partial charge in [-0.15, -0.1) is 0 Å². The first-order valence-electron chi connectivity index (χ1n) is 12.3. The SMILES string of the molecule is Cc1c(F)cc2nc3c(c4c2c1CC[C@@H]4NC(=O)CC(=O)CO)Cn1c-3cc2c(c1=O)COC(=O)[C@@]2(C)O. The number of ketones is 1. The van der Waals surface area contributed by atoms with Crippen molar-refractivity contribution in [1.82, 2.24) is 14.9 Å². The van der Waals surface area contributed by atoms with Crippen LogP contribution < -0.4 is 10.9 Å². The molecule has 2 aliphatic heterocycles. The number of aliphatic hydroxyl groups excluding tert-OH is 1. The fourth-order valence-electron chi connectivity index (χ4n) is 5.93. The molecule has 3 aliphatic rings. The first kappa shape index (κ1) is 24.4. The van der Waals surface area contributed by atoms with Crippen molar-refractivity contribution in [3.8, 4) is 11.4 Å². The Morgan fingerprint density at radius 3 is 2.76 bits per heavy atom. The monoisotopic (exact) mass is 521 g/mol. The molecule has 6 rings (SSSR count). The van der Waals surface area contributed by atoms with Crippen LogP contribution in [0.15, 0.2) is 16.9 Å². The predicted molar refractivity (Wildman–Crippen MR) is 131 cm³/mol. The minimum atomic E-state index is -2.03. The Hall–Kier alpha value is -3.96. The Kier molecular flexibility index (Phi) is 5.31. The number of rotatable bonds is 4. The van der Waals surface area contributed by atoms with E-state index in [-0.39, 0.29) is 24.3 Å². The lowest BCUT2D eigenvalue weighted by Crippen LogP contribution is -2.42. The smallest absolute Gasteiger partial charge is 0.342 e. The summed E-state index contributed by atoms with van der Waals surface area (Å²) in [6, 6.07) is 2.33. The van der Waals surface area contributed by atoms with E-state index in [0.717, 1.165) is 5.56 Å². The summed E-state index contributed by atoms with van der Waals surface area (Å²) in [4.78, 5) is 54.8. The van der Waals surface area contributed by atoms with E-state index in [4.69, 9.17) is 14.8 Å². The summed E-state index contributed by atoms with van der Waals surface area (Å²) in [5.74, 6) is -2.45. The quantitative estimate of drug-likeness (QED) is 0.268. The van der Waals surface area contributed by atoms with Crippen molar-refractivity contribution in [2.24, 2.45) is 0 Å². The molecule has 1 aliphatic carbocycles. The van der Waals surface area contributed by atoms with Gasteiger partial charge in [-0.2, -0.15) is 0 Å². The summed E-state index contributed by atoms with van der Waals surface area (Å²) >= 11 is 0. The summed E-state index contributed by atoms with van der Waals surface area (Å²) in [6.07, 6.45) is 0.422. The molecule has 0 saturated carbocycles. The number of hydrogen-bond acceptors (Lipinski definition) is 8. The average Bonchev–Trinajstić information content (AvgIpc) is 3.24. The predicted octanol–water partition coefficient (Wildman–Crippen LogP) is 1.19. The van der Waals surface area contributed by atoms with E-state index in [0.29, 0.717) is 51.8 Å². The van der Waals surface area contributed by atoms with Gasteiger partial charge in [-0.05, 0) is 49.4 Å². The summed E-state index contributed by atoms with van der Waals surface area (Å²) in [5.41, 5.74) is 1.56. The number of nitrogens with one attached hydrogen (secondary N) is 1. The number of aliphatic hydroxyl groups is 2. The van der Waals surface area contributed by atoms with Crippen molar-refractivity contribution < 1.29 is 33.7 Å². The minimum Gasteiger partial charge on any atom is -0.458 e. The Bertz CT molecular complexity index is 1670. The fraction of sp³-hybridized carbons (Fsp3) is 0.370. The third-order valence-corrected chi connectivity index (χ3v) is 7.87. The van der Waals surface area contributed by atoms with Crippen LogP contribution in [0.1, 0.15) is 59.2 Å². The standard InChI is InChI=1S/C27H24FN3O7/c1-11-13-3-4-18(29-21(34)5-12(33)9-32)23-14-8-31-20(24(14)30-19(22(13)23)7-17(11)28)6-16-15(25(31)35)10-38-26(36)27(16,2)37/h6-7,18,32,37H,3-5,8-10H2,1-2H3,(H,29,34)/t18-,27-/m0/s1. The normalized spacial score (nSPS) is 21.0. The van der Waals surface area contributed by atoms with Crippen molar-refractivity contribution in [2.45, 2.75) is 57.9 Å². The maximum Gasteiger partial charge on any atom is 0.342 e. The zero-order valence-corrected chi connectivity index (χ0v) is 20.7. The molecule has 0 saturated heterocycles. The van der Waals surface area contributed by atoms with Crippen molar-refractivity contribution in [3.05, 3.63) is 61.7 Å². The second kappa shape index (κ2) is 8.27. The molecule has 38 heavy (non-hydrogen) atoms. The highest BCUT2D eigenvalue weighted by molar-refractivity contribution is 5.99. The number of nitrogens with zero attached hydrogens (tertiary/aromatic N) is 2. The molecule has 2 atom stereocenters. The van der Waals surface area contributed by atoms with Gasteiger partial charge in [0.15, 0.2) is 11.4 Å². The number of halogens is 1. The number of esters is 1. The molecule has 3 aromatic rings. The Morgan fingerprint density at radius 2 is 2.03 bits per heavy atom. The van der Waals surface area contributed by atoms with Gasteiger partial charge >= 0.3 is 5.97 Å². The van der Waals surface area contributed by atoms with Crippen LogP contribution in [0, 0.1) is 12.7 Å². The van der Waals surface area contributed by atoms with E-state index in [2.05, 4.69) is 5.32 Å². The molecule has 0 spiro atoms. The average molecular weight is 522 g/mol. The maximum atomic E-state index is 14.9. The van der Waals surface area contributed by atoms with Gasteiger partial charge in [0.05, 0.1) is 41.5 Å². The van der Waals surface area contributed by atoms with Crippen molar-refractivity contribution in [3.63, 3.8) is 0 Å². The lowest BCUT2D eigenvalue weighted by atomic mass is 9.81. The van der Waals surface area contributed by atoms with Crippen molar-refractivity contribution in [2.75, 3.05) is 6.61 Å². The number of benzene rings is 1. The van der Waals surface area contributed by atoms with Crippen molar-refractivity contribution >= 4 is 28.6 Å². The zero-order chi connectivity index (χ0) is 27.1. The lowest BCUT2D eigenvalue weighted by molar-refractivity contribution is -0.169. The molecule has 0 fully saturated rings. The number of fused-ring (bicyclic) bond motifs is 5. The summed E-state index contributed by atoms with van der Waals surface area (Å²) in [5, 5.41) is 23.5. The number of ether oxygens (including phenoxy) is 1. The summed E-state index contributed by atoms with van der Waals surface area (Å²) < 4.78 is 21.4. The Morgan fingerprint density at radius 1 is 1.26 bits per heavy atom. The minimum absolute atomic E-state index is 0.114. The van der Waals surface area contributed by atoms with Crippen molar-refractivity contribution in [1.29, 1.82) is 0 Å². The van der Waals surface area contributed by atoms with Gasteiger partial charge in [-0.1, -0.05) is 0 Å². The number of aryl methyl sites for hydroxylation is 1. The second-order valence-corrected chi connectivity index (χ2v) is 10.2. The number of aromatic nitrogens is 2. The molecule has 0 unspecified atom stereocenters. The van der Waals surface area contributed by atoms with Gasteiger partial charge in [-0.3, -0.25) is 14.4 Å². The van der Waals surface area contributed by atoms with E-state index in [1.807, 2.05) is 0 Å². The fourth-order valence-corrected chi connectivity index (χ4v) is 5.93. The third kappa shape index (κ3) is 3.35. The number of amides is 1. The maximum absolute atomic E-state index is 14.9. The highest BCUT2D eigenvalue weighted by Crippen LogP contribution is 2.45. The molecular weight excluding hydrogens is 497 g/mol. The molecule has 3 N–H and O–H groups in total. The van der Waals surface area contributed by atoms with Gasteiger partial charge < -0.3 is 24.8 Å². The molecule has 0 radical (unpaired) electrons. The van der Waals surface area contributed by atoms with Gasteiger partial charge in [0.1, 0.15) is 19.0 Å². The molecule has 0 bridgehead atoms. The van der Waals surface area contributed by atoms with Gasteiger partial charge in [0.2, 0.25) is 5.91 Å². The van der Waals surface area contributed by atoms with E-state index in [9.17, 15) is 28.7 Å². The van der Waals surface area contributed by atoms with E-state index in [1.54, 1.807) is 13.0 Å². The van der Waals surface area contributed by atoms with Gasteiger partial charge in [0.25, 0.3) is 5.56 Å². The topological polar surface area (TPSA) is 148 Å². The Balaban J connectivity index is 1.59. The molecule has 10 nitrogen and oxygen atoms in total. The number of carbonyl (C=O) groups excluding carboxylic acids is 3. The molecule has 2 aromatic heterocycles. The summed E-state index contributed by atoms with van der Waals surface area (Å²) in [6.45, 7) is 2.05. The van der Waals surface area contributed by atoms with Crippen LogP contribution in [-0.4, -0.2) is 44.0 Å². The first-order valence-corrected chi connectivity index (χ1v) is 12.3. The molecule has 11 heteroatoms. The van der Waals surface area contributed by atoms with Gasteiger partial charge in [0, 0.05) is 22.6 Å². The van der Waals surface area contributed by atoms with E-state index in [1.165, 1.54) is 17.6 Å². The van der Waals surface area contributed by atoms with Crippen LogP contribution in [0.5, 0.6) is 0 Å². The number of pyridine rings is 2. The molecule has 1 aromatic carbocycles. The lowest BCUT2D eigenvalue weighted by Gasteiger charge is -2.29. The zero-order valence-electron chi connectivity index (χ0n) is 20.7. The highest BCUT2D eigenvalue weighted by atomic mass is 19.1. The number of hydrogen-bond donors (Lipinski definition) is 3. The number of Topliss-reactive ketones (excluding diaryl/α,β-unsaturated/α-hetero) is 1. The molecule has 196 valence electrons.